The van der Waals surface area contributed by atoms with Gasteiger partial charge in [0.15, 0.2) is 6.29 Å². The summed E-state index contributed by atoms with van der Waals surface area (Å²) in [6.07, 6.45) is -0.444. The number of rotatable bonds is 7. The summed E-state index contributed by atoms with van der Waals surface area (Å²) in [5.74, 6) is -0.894. The van der Waals surface area contributed by atoms with Crippen molar-refractivity contribution in [1.82, 2.24) is 4.90 Å². The minimum Gasteiger partial charge on any atom is -0.480 e. The van der Waals surface area contributed by atoms with E-state index in [0.29, 0.717) is 6.54 Å². The zero-order valence-corrected chi connectivity index (χ0v) is 10.9. The number of carbonyl (C=O) groups is 1. The summed E-state index contributed by atoms with van der Waals surface area (Å²) < 4.78 is 10.2. The summed E-state index contributed by atoms with van der Waals surface area (Å²) in [5.41, 5.74) is 0.735. The first kappa shape index (κ1) is 14.6. The third-order valence-corrected chi connectivity index (χ3v) is 2.75. The first-order chi connectivity index (χ1) is 8.60. The average molecular weight is 253 g/mol. The van der Waals surface area contributed by atoms with Crippen molar-refractivity contribution in [2.24, 2.45) is 0 Å². The van der Waals surface area contributed by atoms with Crippen molar-refractivity contribution in [3.05, 3.63) is 35.9 Å². The maximum absolute atomic E-state index is 11.4. The second-order valence-electron chi connectivity index (χ2n) is 3.99. The van der Waals surface area contributed by atoms with Gasteiger partial charge < -0.3 is 14.6 Å². The van der Waals surface area contributed by atoms with Crippen molar-refractivity contribution in [3.63, 3.8) is 0 Å². The molecule has 1 aromatic rings. The number of ether oxygens (including phenoxy) is 2. The van der Waals surface area contributed by atoms with Gasteiger partial charge in [-0.3, -0.25) is 9.69 Å². The number of nitrogens with zero attached hydrogens (tertiary/aromatic N) is 1. The average Bonchev–Trinajstić information content (AvgIpc) is 2.37. The third kappa shape index (κ3) is 3.80. The van der Waals surface area contributed by atoms with Crippen LogP contribution in [0.4, 0.5) is 0 Å². The summed E-state index contributed by atoms with van der Waals surface area (Å²) in [7, 11) is 4.79. The third-order valence-electron chi connectivity index (χ3n) is 2.75. The number of likely N-dealkylation sites (N-methyl/N-ethyl adjacent to an activating group) is 1. The zero-order valence-electron chi connectivity index (χ0n) is 10.9. The van der Waals surface area contributed by atoms with E-state index in [1.807, 2.05) is 18.2 Å². The number of carboxylic acid groups (broad SMARTS) is 1. The maximum atomic E-state index is 11.4. The highest BCUT2D eigenvalue weighted by molar-refractivity contribution is 5.75. The summed E-state index contributed by atoms with van der Waals surface area (Å²) in [4.78, 5) is 13.1. The highest BCUT2D eigenvalue weighted by Gasteiger charge is 2.26. The Morgan fingerprint density at radius 2 is 1.83 bits per heavy atom. The molecule has 100 valence electrons. The molecule has 0 bridgehead atoms. The first-order valence-corrected chi connectivity index (χ1v) is 5.63. The van der Waals surface area contributed by atoms with E-state index in [4.69, 9.17) is 9.47 Å². The zero-order chi connectivity index (χ0) is 13.5. The van der Waals surface area contributed by atoms with E-state index in [1.165, 1.54) is 14.2 Å². The largest absolute Gasteiger partial charge is 0.480 e. The van der Waals surface area contributed by atoms with Crippen molar-refractivity contribution in [1.29, 1.82) is 0 Å². The van der Waals surface area contributed by atoms with Crippen LogP contribution in [-0.2, 0) is 14.3 Å². The number of benzene rings is 1. The van der Waals surface area contributed by atoms with Crippen molar-refractivity contribution in [2.45, 2.75) is 12.3 Å². The molecule has 0 saturated carbocycles. The minimum absolute atomic E-state index is 0.374. The molecule has 0 aliphatic rings. The monoisotopic (exact) mass is 253 g/mol. The molecular weight excluding hydrogens is 234 g/mol. The molecule has 0 spiro atoms. The van der Waals surface area contributed by atoms with Gasteiger partial charge in [0.05, 0.1) is 6.54 Å². The lowest BCUT2D eigenvalue weighted by molar-refractivity contribution is -0.148. The van der Waals surface area contributed by atoms with E-state index in [2.05, 4.69) is 0 Å². The van der Waals surface area contributed by atoms with Gasteiger partial charge in [0.25, 0.3) is 0 Å². The maximum Gasteiger partial charge on any atom is 0.325 e. The van der Waals surface area contributed by atoms with Crippen LogP contribution in [0.1, 0.15) is 11.6 Å². The van der Waals surface area contributed by atoms with Crippen LogP contribution in [0.2, 0.25) is 0 Å². The number of methoxy groups -OCH3 is 2. The number of aliphatic carboxylic acids is 1. The molecule has 5 nitrogen and oxygen atoms in total. The van der Waals surface area contributed by atoms with E-state index in [-0.39, 0.29) is 0 Å². The van der Waals surface area contributed by atoms with Crippen LogP contribution in [0.25, 0.3) is 0 Å². The van der Waals surface area contributed by atoms with Crippen LogP contribution in [0.15, 0.2) is 30.3 Å². The Hall–Kier alpha value is -1.43. The molecule has 0 heterocycles. The molecule has 0 aliphatic carbocycles. The lowest BCUT2D eigenvalue weighted by Gasteiger charge is -2.27. The first-order valence-electron chi connectivity index (χ1n) is 5.63. The normalized spacial score (nSPS) is 12.9. The van der Waals surface area contributed by atoms with Crippen molar-refractivity contribution < 1.29 is 19.4 Å². The van der Waals surface area contributed by atoms with Gasteiger partial charge in [-0.05, 0) is 12.6 Å². The number of carboxylic acids is 1. The summed E-state index contributed by atoms with van der Waals surface area (Å²) in [6, 6.07) is 8.38. The molecule has 1 rings (SSSR count). The molecule has 0 radical (unpaired) electrons. The van der Waals surface area contributed by atoms with E-state index in [1.54, 1.807) is 24.1 Å². The molecule has 1 atom stereocenters. The fourth-order valence-electron chi connectivity index (χ4n) is 1.81. The van der Waals surface area contributed by atoms with Gasteiger partial charge >= 0.3 is 5.97 Å². The molecule has 0 fully saturated rings. The molecule has 0 aromatic heterocycles. The molecule has 1 N–H and O–H groups in total. The second kappa shape index (κ2) is 7.10. The SMILES string of the molecule is COC(CN(C)C(C(=O)O)c1ccccc1)OC. The lowest BCUT2D eigenvalue weighted by Crippen LogP contribution is -2.37. The quantitative estimate of drug-likeness (QED) is 0.744. The van der Waals surface area contributed by atoms with Gasteiger partial charge in [-0.2, -0.15) is 0 Å². The Kier molecular flexibility index (Phi) is 5.77. The van der Waals surface area contributed by atoms with Crippen LogP contribution in [0, 0.1) is 0 Å². The van der Waals surface area contributed by atoms with Crippen LogP contribution in [-0.4, -0.2) is 50.1 Å². The topological polar surface area (TPSA) is 59.0 Å². The predicted molar refractivity (Wildman–Crippen MR) is 67.3 cm³/mol. The molecule has 5 heteroatoms. The van der Waals surface area contributed by atoms with Gasteiger partial charge in [0, 0.05) is 14.2 Å². The molecule has 1 aromatic carbocycles. The highest BCUT2D eigenvalue weighted by Crippen LogP contribution is 2.19. The smallest absolute Gasteiger partial charge is 0.325 e. The van der Waals surface area contributed by atoms with Crippen LogP contribution in [0.3, 0.4) is 0 Å². The van der Waals surface area contributed by atoms with Crippen molar-refractivity contribution in [3.8, 4) is 0 Å². The molecule has 18 heavy (non-hydrogen) atoms. The number of hydrogen-bond donors (Lipinski definition) is 1. The van der Waals surface area contributed by atoms with Crippen LogP contribution >= 0.6 is 0 Å². The van der Waals surface area contributed by atoms with Gasteiger partial charge in [0.1, 0.15) is 6.04 Å². The Balaban J connectivity index is 2.83. The fraction of sp³-hybridized carbons (Fsp3) is 0.462. The summed E-state index contributed by atoms with van der Waals surface area (Å²) in [5, 5.41) is 9.33. The van der Waals surface area contributed by atoms with Gasteiger partial charge in [0.2, 0.25) is 0 Å². The molecule has 0 saturated heterocycles. The Morgan fingerprint density at radius 1 is 1.28 bits per heavy atom. The predicted octanol–water partition coefficient (Wildman–Crippen LogP) is 1.36. The molecule has 1 unspecified atom stereocenters. The Labute approximate surface area is 107 Å². The minimum atomic E-state index is -0.894. The van der Waals surface area contributed by atoms with E-state index < -0.39 is 18.3 Å². The Morgan fingerprint density at radius 3 is 2.28 bits per heavy atom. The van der Waals surface area contributed by atoms with E-state index in [9.17, 15) is 9.90 Å². The van der Waals surface area contributed by atoms with Crippen LogP contribution in [0.5, 0.6) is 0 Å². The van der Waals surface area contributed by atoms with E-state index >= 15 is 0 Å². The summed E-state index contributed by atoms with van der Waals surface area (Å²) in [6.45, 7) is 0.374. The fourth-order valence-corrected chi connectivity index (χ4v) is 1.81. The lowest BCUT2D eigenvalue weighted by atomic mass is 10.1. The number of hydrogen-bond acceptors (Lipinski definition) is 4. The van der Waals surface area contributed by atoms with E-state index in [0.717, 1.165) is 5.56 Å². The molecule has 0 amide bonds. The van der Waals surface area contributed by atoms with Crippen LogP contribution < -0.4 is 0 Å². The van der Waals surface area contributed by atoms with Gasteiger partial charge in [-0.1, -0.05) is 30.3 Å². The van der Waals surface area contributed by atoms with Gasteiger partial charge in [-0.25, -0.2) is 0 Å². The van der Waals surface area contributed by atoms with Crippen molar-refractivity contribution >= 4 is 5.97 Å². The molecule has 0 aliphatic heterocycles. The Bertz CT molecular complexity index is 365. The highest BCUT2D eigenvalue weighted by atomic mass is 16.7. The standard InChI is InChI=1S/C13H19NO4/c1-14(9-11(17-2)18-3)12(13(15)16)10-7-5-4-6-8-10/h4-8,11-12H,9H2,1-3H3,(H,15,16). The van der Waals surface area contributed by atoms with Gasteiger partial charge in [-0.15, -0.1) is 0 Å². The molecular formula is C13H19NO4. The second-order valence-corrected chi connectivity index (χ2v) is 3.99. The van der Waals surface area contributed by atoms with Crippen molar-refractivity contribution in [2.75, 3.05) is 27.8 Å². The summed E-state index contributed by atoms with van der Waals surface area (Å²) >= 11 is 0.